The molecule has 0 aliphatic heterocycles. The number of halogens is 1. The normalized spacial score (nSPS) is 10.6. The molecule has 3 aromatic rings. The standard InChI is InChI=1S/C19H18ClN3O3S.C2H6O/c1-23(2)27-19-12(20)8-9-13(16(19)24)22-15-14(17(25)18(15)26)21-10-11-6-4-3-5-7-11;1-3-2/h3-9,21-22,24H,10H2,1-2H3;1-2H3. The molecular weight excluding hydrogens is 426 g/mol. The van der Waals surface area contributed by atoms with Crippen LogP contribution in [0.25, 0.3) is 0 Å². The molecule has 0 aromatic heterocycles. The van der Waals surface area contributed by atoms with Crippen LogP contribution in [0.4, 0.5) is 17.1 Å². The first-order valence-electron chi connectivity index (χ1n) is 8.95. The lowest BCUT2D eigenvalue weighted by atomic mass is 10.1. The van der Waals surface area contributed by atoms with Crippen LogP contribution in [-0.4, -0.2) is 37.7 Å². The molecular formula is C21H24ClN3O4S. The number of rotatable bonds is 7. The molecule has 0 radical (unpaired) electrons. The molecule has 0 atom stereocenters. The molecule has 3 rings (SSSR count). The van der Waals surface area contributed by atoms with Crippen LogP contribution in [0.2, 0.25) is 5.02 Å². The van der Waals surface area contributed by atoms with Crippen LogP contribution in [0.3, 0.4) is 0 Å². The Hall–Kier alpha value is -2.52. The van der Waals surface area contributed by atoms with Crippen molar-refractivity contribution < 1.29 is 9.84 Å². The number of ether oxygens (including phenoxy) is 1. The number of hydrogen-bond acceptors (Lipinski definition) is 8. The van der Waals surface area contributed by atoms with Crippen LogP contribution in [0.15, 0.2) is 56.9 Å². The molecule has 0 bridgehead atoms. The number of aromatic hydroxyl groups is 1. The summed E-state index contributed by atoms with van der Waals surface area (Å²) in [4.78, 5) is 24.4. The van der Waals surface area contributed by atoms with E-state index >= 15 is 0 Å². The Morgan fingerprint density at radius 1 is 1.03 bits per heavy atom. The fraction of sp³-hybridized carbons (Fsp3) is 0.238. The highest BCUT2D eigenvalue weighted by atomic mass is 35.5. The number of nitrogens with zero attached hydrogens (tertiary/aromatic N) is 1. The van der Waals surface area contributed by atoms with E-state index in [1.807, 2.05) is 44.4 Å². The molecule has 0 fully saturated rings. The summed E-state index contributed by atoms with van der Waals surface area (Å²) in [5, 5.41) is 16.7. The lowest BCUT2D eigenvalue weighted by Crippen LogP contribution is -2.36. The van der Waals surface area contributed by atoms with Crippen molar-refractivity contribution >= 4 is 40.6 Å². The van der Waals surface area contributed by atoms with E-state index < -0.39 is 10.9 Å². The Morgan fingerprint density at radius 3 is 2.23 bits per heavy atom. The van der Waals surface area contributed by atoms with Crippen LogP contribution in [0.1, 0.15) is 5.56 Å². The highest BCUT2D eigenvalue weighted by Crippen LogP contribution is 2.42. The van der Waals surface area contributed by atoms with Gasteiger partial charge in [-0.3, -0.25) is 13.9 Å². The van der Waals surface area contributed by atoms with Gasteiger partial charge in [0.25, 0.3) is 10.9 Å². The van der Waals surface area contributed by atoms with Crippen molar-refractivity contribution in [2.45, 2.75) is 11.4 Å². The Morgan fingerprint density at radius 2 is 1.63 bits per heavy atom. The van der Waals surface area contributed by atoms with Gasteiger partial charge in [0.05, 0.1) is 15.6 Å². The van der Waals surface area contributed by atoms with Crippen molar-refractivity contribution in [1.29, 1.82) is 0 Å². The van der Waals surface area contributed by atoms with Gasteiger partial charge in [-0.2, -0.15) is 0 Å². The van der Waals surface area contributed by atoms with Gasteiger partial charge >= 0.3 is 0 Å². The third-order valence-corrected chi connectivity index (χ3v) is 5.23. The zero-order chi connectivity index (χ0) is 22.3. The van der Waals surface area contributed by atoms with Crippen LogP contribution < -0.4 is 21.5 Å². The Balaban J connectivity index is 0.00000101. The molecule has 30 heavy (non-hydrogen) atoms. The molecule has 0 amide bonds. The molecule has 0 aliphatic rings. The average Bonchev–Trinajstić information content (AvgIpc) is 2.72. The maximum Gasteiger partial charge on any atom is 0.253 e. The summed E-state index contributed by atoms with van der Waals surface area (Å²) < 4.78 is 6.04. The van der Waals surface area contributed by atoms with Gasteiger partial charge in [0, 0.05) is 20.8 Å². The monoisotopic (exact) mass is 449 g/mol. The lowest BCUT2D eigenvalue weighted by molar-refractivity contribution is 0.277. The summed E-state index contributed by atoms with van der Waals surface area (Å²) in [5.74, 6) is -0.0803. The van der Waals surface area contributed by atoms with E-state index in [9.17, 15) is 14.7 Å². The minimum Gasteiger partial charge on any atom is -0.505 e. The number of anilines is 3. The molecule has 0 saturated carbocycles. The second kappa shape index (κ2) is 11.0. The molecule has 0 spiro atoms. The predicted octanol–water partition coefficient (Wildman–Crippen LogP) is 3.83. The smallest absolute Gasteiger partial charge is 0.253 e. The second-order valence-electron chi connectivity index (χ2n) is 6.46. The number of nitrogens with one attached hydrogen (secondary N) is 2. The van der Waals surface area contributed by atoms with Gasteiger partial charge < -0.3 is 20.5 Å². The highest BCUT2D eigenvalue weighted by molar-refractivity contribution is 7.97. The van der Waals surface area contributed by atoms with Crippen molar-refractivity contribution in [3.8, 4) is 5.75 Å². The van der Waals surface area contributed by atoms with Crippen LogP contribution >= 0.6 is 23.5 Å². The minimum atomic E-state index is -0.623. The van der Waals surface area contributed by atoms with Crippen molar-refractivity contribution in [3.05, 3.63) is 73.5 Å². The molecule has 160 valence electrons. The third kappa shape index (κ3) is 5.76. The first kappa shape index (κ1) is 23.8. The molecule has 0 aliphatic carbocycles. The fourth-order valence-corrected chi connectivity index (χ4v) is 3.49. The van der Waals surface area contributed by atoms with E-state index in [1.165, 1.54) is 11.9 Å². The largest absolute Gasteiger partial charge is 0.505 e. The number of benzene rings is 2. The van der Waals surface area contributed by atoms with Gasteiger partial charge in [-0.15, -0.1) is 0 Å². The zero-order valence-corrected chi connectivity index (χ0v) is 18.7. The Labute approximate surface area is 184 Å². The van der Waals surface area contributed by atoms with E-state index in [1.54, 1.807) is 30.7 Å². The van der Waals surface area contributed by atoms with E-state index in [0.29, 0.717) is 22.2 Å². The zero-order valence-electron chi connectivity index (χ0n) is 17.2. The first-order chi connectivity index (χ1) is 14.3. The fourth-order valence-electron chi connectivity index (χ4n) is 2.52. The first-order valence-corrected chi connectivity index (χ1v) is 10.1. The molecule has 9 heteroatoms. The highest BCUT2D eigenvalue weighted by Gasteiger charge is 2.23. The number of methoxy groups -OCH3 is 1. The molecule has 3 aromatic carbocycles. The predicted molar refractivity (Wildman–Crippen MR) is 124 cm³/mol. The van der Waals surface area contributed by atoms with Crippen LogP contribution in [-0.2, 0) is 11.3 Å². The topological polar surface area (TPSA) is 90.9 Å². The SMILES string of the molecule is CN(C)Sc1c(Cl)ccc(Nc2c(NCc3ccccc3)c(=O)c2=O)c1O.COC. The number of hydrogen-bond donors (Lipinski definition) is 3. The quantitative estimate of drug-likeness (QED) is 0.285. The minimum absolute atomic E-state index is 0.0803. The molecule has 0 saturated heterocycles. The summed E-state index contributed by atoms with van der Waals surface area (Å²) in [6.45, 7) is 0.411. The molecule has 0 heterocycles. The van der Waals surface area contributed by atoms with Gasteiger partial charge in [0.2, 0.25) is 0 Å². The van der Waals surface area contributed by atoms with Gasteiger partial charge in [-0.1, -0.05) is 41.9 Å². The van der Waals surface area contributed by atoms with Crippen LogP contribution in [0.5, 0.6) is 5.75 Å². The summed E-state index contributed by atoms with van der Waals surface area (Å²) in [7, 11) is 6.89. The molecule has 0 unspecified atom stereocenters. The summed E-state index contributed by atoms with van der Waals surface area (Å²) in [6, 6.07) is 12.7. The lowest BCUT2D eigenvalue weighted by Gasteiger charge is -2.18. The maximum absolute atomic E-state index is 12.0. The molecule has 3 N–H and O–H groups in total. The number of phenols is 1. The Bertz CT molecular complexity index is 1050. The second-order valence-corrected chi connectivity index (χ2v) is 8.19. The maximum atomic E-state index is 12.0. The average molecular weight is 450 g/mol. The van der Waals surface area contributed by atoms with E-state index in [4.69, 9.17) is 11.6 Å². The summed E-state index contributed by atoms with van der Waals surface area (Å²) in [5.41, 5.74) is 0.426. The number of phenolic OH excluding ortho intramolecular Hbond substituents is 1. The van der Waals surface area contributed by atoms with Crippen molar-refractivity contribution in [2.75, 3.05) is 38.9 Å². The van der Waals surface area contributed by atoms with Crippen molar-refractivity contribution in [3.63, 3.8) is 0 Å². The summed E-state index contributed by atoms with van der Waals surface area (Å²) >= 11 is 7.40. The van der Waals surface area contributed by atoms with Gasteiger partial charge in [0.1, 0.15) is 11.4 Å². The van der Waals surface area contributed by atoms with Gasteiger partial charge in [-0.05, 0) is 43.7 Å². The third-order valence-electron chi connectivity index (χ3n) is 3.84. The van der Waals surface area contributed by atoms with Crippen LogP contribution in [0, 0.1) is 0 Å². The molecule has 7 nitrogen and oxygen atoms in total. The van der Waals surface area contributed by atoms with Gasteiger partial charge in [0.15, 0.2) is 5.75 Å². The van der Waals surface area contributed by atoms with E-state index in [-0.39, 0.29) is 17.1 Å². The Kier molecular flexibility index (Phi) is 8.73. The van der Waals surface area contributed by atoms with E-state index in [2.05, 4.69) is 15.4 Å². The van der Waals surface area contributed by atoms with Gasteiger partial charge in [-0.25, -0.2) is 0 Å². The summed E-state index contributed by atoms with van der Waals surface area (Å²) in [6.07, 6.45) is 0. The van der Waals surface area contributed by atoms with E-state index in [0.717, 1.165) is 5.56 Å². The van der Waals surface area contributed by atoms with Crippen molar-refractivity contribution in [2.24, 2.45) is 0 Å². The van der Waals surface area contributed by atoms with Crippen molar-refractivity contribution in [1.82, 2.24) is 4.31 Å².